The average Bonchev–Trinajstić information content (AvgIpc) is 2.65. The Morgan fingerprint density at radius 2 is 2.33 bits per heavy atom. The van der Waals surface area contributed by atoms with Gasteiger partial charge < -0.3 is 5.73 Å². The van der Waals surface area contributed by atoms with Crippen molar-refractivity contribution < 1.29 is 4.79 Å². The molecule has 0 radical (unpaired) electrons. The summed E-state index contributed by atoms with van der Waals surface area (Å²) in [4.78, 5) is 10.5. The third kappa shape index (κ3) is 2.22. The van der Waals surface area contributed by atoms with Gasteiger partial charge in [0.15, 0.2) is 6.29 Å². The van der Waals surface area contributed by atoms with Gasteiger partial charge in [-0.1, -0.05) is 12.1 Å². The fourth-order valence-corrected chi connectivity index (χ4v) is 1.41. The van der Waals surface area contributed by atoms with Gasteiger partial charge >= 0.3 is 0 Å². The van der Waals surface area contributed by atoms with Crippen LogP contribution in [0, 0.1) is 0 Å². The van der Waals surface area contributed by atoms with Crippen molar-refractivity contribution in [2.45, 2.75) is 6.54 Å². The molecule has 0 saturated heterocycles. The molecule has 0 atom stereocenters. The number of rotatable bonds is 3. The molecule has 2 aromatic rings. The molecular weight excluding hydrogens is 190 g/mol. The number of carbonyl (C=O) groups excluding carboxylic acids is 1. The minimum Gasteiger partial charge on any atom is -0.399 e. The minimum absolute atomic E-state index is 0.582. The van der Waals surface area contributed by atoms with E-state index in [0.717, 1.165) is 17.5 Å². The molecule has 0 aliphatic carbocycles. The summed E-state index contributed by atoms with van der Waals surface area (Å²) in [5.41, 5.74) is 8.04. The minimum atomic E-state index is 0.582. The Hall–Kier alpha value is -2.10. The maximum Gasteiger partial charge on any atom is 0.153 e. The Morgan fingerprint density at radius 1 is 1.47 bits per heavy atom. The highest BCUT2D eigenvalue weighted by atomic mass is 16.1. The van der Waals surface area contributed by atoms with Crippen molar-refractivity contribution in [1.29, 1.82) is 0 Å². The molecule has 4 heteroatoms. The molecule has 0 saturated carbocycles. The first kappa shape index (κ1) is 9.45. The van der Waals surface area contributed by atoms with E-state index in [2.05, 4.69) is 5.10 Å². The molecule has 1 heterocycles. The van der Waals surface area contributed by atoms with E-state index < -0.39 is 0 Å². The molecule has 4 nitrogen and oxygen atoms in total. The van der Waals surface area contributed by atoms with Crippen LogP contribution in [-0.4, -0.2) is 16.1 Å². The third-order valence-electron chi connectivity index (χ3n) is 2.08. The van der Waals surface area contributed by atoms with Crippen LogP contribution in [0.25, 0.3) is 0 Å². The second-order valence-corrected chi connectivity index (χ2v) is 3.33. The van der Waals surface area contributed by atoms with Gasteiger partial charge in [-0.2, -0.15) is 5.10 Å². The maximum atomic E-state index is 10.5. The number of nitrogens with two attached hydrogens (primary N) is 1. The zero-order valence-corrected chi connectivity index (χ0v) is 8.13. The van der Waals surface area contributed by atoms with E-state index in [4.69, 9.17) is 5.73 Å². The predicted molar refractivity (Wildman–Crippen MR) is 57.6 cm³/mol. The van der Waals surface area contributed by atoms with Crippen molar-refractivity contribution in [3.63, 3.8) is 0 Å². The molecule has 1 aromatic carbocycles. The second kappa shape index (κ2) is 3.96. The molecule has 0 aliphatic rings. The van der Waals surface area contributed by atoms with Gasteiger partial charge in [0.2, 0.25) is 0 Å². The SMILES string of the molecule is Nc1cccc(Cn2cc(C=O)cn2)c1. The highest BCUT2D eigenvalue weighted by Crippen LogP contribution is 2.08. The summed E-state index contributed by atoms with van der Waals surface area (Å²) >= 11 is 0. The van der Waals surface area contributed by atoms with E-state index in [9.17, 15) is 4.79 Å². The van der Waals surface area contributed by atoms with Crippen LogP contribution in [-0.2, 0) is 6.54 Å². The normalized spacial score (nSPS) is 10.1. The lowest BCUT2D eigenvalue weighted by atomic mass is 10.2. The molecule has 2 N–H and O–H groups in total. The van der Waals surface area contributed by atoms with Gasteiger partial charge in [0.05, 0.1) is 18.3 Å². The standard InChI is InChI=1S/C11H11N3O/c12-11-3-1-2-9(4-11)6-14-7-10(8-15)5-13-14/h1-5,7-8H,6,12H2. The number of hydrogen-bond acceptors (Lipinski definition) is 3. The van der Waals surface area contributed by atoms with Crippen LogP contribution in [0.2, 0.25) is 0 Å². The summed E-state index contributed by atoms with van der Waals surface area (Å²) in [5, 5.41) is 4.06. The summed E-state index contributed by atoms with van der Waals surface area (Å²) < 4.78 is 1.71. The van der Waals surface area contributed by atoms with Crippen molar-refractivity contribution in [1.82, 2.24) is 9.78 Å². The zero-order valence-electron chi connectivity index (χ0n) is 8.13. The molecule has 15 heavy (non-hydrogen) atoms. The fourth-order valence-electron chi connectivity index (χ4n) is 1.41. The molecule has 1 aromatic heterocycles. The Kier molecular flexibility index (Phi) is 2.49. The predicted octanol–water partition coefficient (Wildman–Crippen LogP) is 1.33. The van der Waals surface area contributed by atoms with Crippen molar-refractivity contribution in [3.8, 4) is 0 Å². The van der Waals surface area contributed by atoms with Crippen LogP contribution < -0.4 is 5.73 Å². The van der Waals surface area contributed by atoms with Crippen molar-refractivity contribution in [3.05, 3.63) is 47.8 Å². The molecule has 0 fully saturated rings. The largest absolute Gasteiger partial charge is 0.399 e. The summed E-state index contributed by atoms with van der Waals surface area (Å²) in [6.07, 6.45) is 4.03. The molecule has 2 rings (SSSR count). The van der Waals surface area contributed by atoms with Crippen LogP contribution in [0.1, 0.15) is 15.9 Å². The lowest BCUT2D eigenvalue weighted by Crippen LogP contribution is -2.00. The Bertz CT molecular complexity index is 476. The van der Waals surface area contributed by atoms with Gasteiger partial charge in [-0.05, 0) is 17.7 Å². The van der Waals surface area contributed by atoms with Crippen LogP contribution in [0.5, 0.6) is 0 Å². The Labute approximate surface area is 87.3 Å². The van der Waals surface area contributed by atoms with Gasteiger partial charge in [0, 0.05) is 11.9 Å². The van der Waals surface area contributed by atoms with Crippen LogP contribution in [0.15, 0.2) is 36.7 Å². The lowest BCUT2D eigenvalue weighted by Gasteiger charge is -2.02. The van der Waals surface area contributed by atoms with E-state index in [1.54, 1.807) is 17.1 Å². The smallest absolute Gasteiger partial charge is 0.153 e. The van der Waals surface area contributed by atoms with E-state index in [-0.39, 0.29) is 0 Å². The van der Waals surface area contributed by atoms with Gasteiger partial charge in [-0.15, -0.1) is 0 Å². The molecule has 0 aliphatic heterocycles. The average molecular weight is 201 g/mol. The van der Waals surface area contributed by atoms with E-state index in [1.807, 2.05) is 24.3 Å². The number of aldehydes is 1. The number of benzene rings is 1. The summed E-state index contributed by atoms with van der Waals surface area (Å²) in [5.74, 6) is 0. The second-order valence-electron chi connectivity index (χ2n) is 3.33. The highest BCUT2D eigenvalue weighted by Gasteiger charge is 1.98. The Morgan fingerprint density at radius 3 is 3.00 bits per heavy atom. The van der Waals surface area contributed by atoms with Crippen molar-refractivity contribution >= 4 is 12.0 Å². The van der Waals surface area contributed by atoms with Gasteiger partial charge in [0.1, 0.15) is 0 Å². The van der Waals surface area contributed by atoms with Gasteiger partial charge in [-0.25, -0.2) is 0 Å². The van der Waals surface area contributed by atoms with E-state index in [0.29, 0.717) is 12.1 Å². The quantitative estimate of drug-likeness (QED) is 0.602. The first-order valence-corrected chi connectivity index (χ1v) is 4.60. The Balaban J connectivity index is 2.18. The number of aromatic nitrogens is 2. The monoisotopic (exact) mass is 201 g/mol. The number of carbonyl (C=O) groups is 1. The summed E-state index contributed by atoms with van der Waals surface area (Å²) in [7, 11) is 0. The maximum absolute atomic E-state index is 10.5. The van der Waals surface area contributed by atoms with Gasteiger partial charge in [0.25, 0.3) is 0 Å². The van der Waals surface area contributed by atoms with E-state index in [1.165, 1.54) is 0 Å². The van der Waals surface area contributed by atoms with Gasteiger partial charge in [-0.3, -0.25) is 9.48 Å². The fraction of sp³-hybridized carbons (Fsp3) is 0.0909. The molecule has 0 spiro atoms. The van der Waals surface area contributed by atoms with Crippen molar-refractivity contribution in [2.75, 3.05) is 5.73 Å². The van der Waals surface area contributed by atoms with Crippen LogP contribution in [0.3, 0.4) is 0 Å². The number of nitrogens with zero attached hydrogens (tertiary/aromatic N) is 2. The zero-order chi connectivity index (χ0) is 10.7. The lowest BCUT2D eigenvalue weighted by molar-refractivity contribution is 0.112. The van der Waals surface area contributed by atoms with Crippen molar-refractivity contribution in [2.24, 2.45) is 0 Å². The highest BCUT2D eigenvalue weighted by molar-refractivity contribution is 5.73. The molecule has 0 amide bonds. The van der Waals surface area contributed by atoms with E-state index >= 15 is 0 Å². The number of nitrogen functional groups attached to an aromatic ring is 1. The van der Waals surface area contributed by atoms with Crippen LogP contribution >= 0.6 is 0 Å². The summed E-state index contributed by atoms with van der Waals surface area (Å²) in [6.45, 7) is 0.624. The molecular formula is C11H11N3O. The third-order valence-corrected chi connectivity index (χ3v) is 2.08. The molecule has 0 bridgehead atoms. The summed E-state index contributed by atoms with van der Waals surface area (Å²) in [6, 6.07) is 7.60. The number of anilines is 1. The molecule has 76 valence electrons. The first-order chi connectivity index (χ1) is 7.28. The molecule has 0 unspecified atom stereocenters. The first-order valence-electron chi connectivity index (χ1n) is 4.60. The van der Waals surface area contributed by atoms with Crippen LogP contribution in [0.4, 0.5) is 5.69 Å². The number of hydrogen-bond donors (Lipinski definition) is 1. The topological polar surface area (TPSA) is 60.9 Å².